The van der Waals surface area contributed by atoms with E-state index in [1.165, 1.54) is 13.2 Å². The third-order valence-electron chi connectivity index (χ3n) is 3.93. The van der Waals surface area contributed by atoms with E-state index in [0.717, 1.165) is 4.90 Å². The number of piperidine rings is 1. The summed E-state index contributed by atoms with van der Waals surface area (Å²) in [7, 11) is -1.79. The van der Waals surface area contributed by atoms with E-state index in [0.29, 0.717) is 0 Å². The molecule has 23 heavy (non-hydrogen) atoms. The zero-order valence-corrected chi connectivity index (χ0v) is 13.5. The van der Waals surface area contributed by atoms with Gasteiger partial charge in [0.15, 0.2) is 11.5 Å². The number of ether oxygens (including phenoxy) is 2. The van der Waals surface area contributed by atoms with Gasteiger partial charge in [0.2, 0.25) is 0 Å². The van der Waals surface area contributed by atoms with Crippen LogP contribution in [0.1, 0.15) is 58.9 Å². The van der Waals surface area contributed by atoms with E-state index < -0.39 is 55.3 Å². The number of nitrogens with zero attached hydrogens (tertiary/aromatic N) is 1. The Bertz CT molecular complexity index is 981. The first-order valence-corrected chi connectivity index (χ1v) is 7.61. The molecular formula is C19H29NO3. The number of aliphatic hydroxyl groups is 1. The van der Waals surface area contributed by atoms with Crippen LogP contribution in [0.4, 0.5) is 0 Å². The van der Waals surface area contributed by atoms with Gasteiger partial charge in [0.25, 0.3) is 0 Å². The Kier molecular flexibility index (Phi) is 2.26. The van der Waals surface area contributed by atoms with Gasteiger partial charge < -0.3 is 14.6 Å². The Morgan fingerprint density at radius 2 is 2.35 bits per heavy atom. The lowest BCUT2D eigenvalue weighted by Gasteiger charge is -2.46. The molecule has 1 saturated heterocycles. The molecule has 1 aromatic rings. The minimum Gasteiger partial charge on any atom is -0.493 e. The lowest BCUT2D eigenvalue weighted by Crippen LogP contribution is -2.48. The second-order valence-electron chi connectivity index (χ2n) is 6.08. The van der Waals surface area contributed by atoms with Crippen molar-refractivity contribution in [2.45, 2.75) is 45.2 Å². The molecule has 0 aromatic heterocycles. The first kappa shape index (κ1) is 7.75. The molecule has 1 N–H and O–H groups in total. The number of rotatable bonds is 4. The van der Waals surface area contributed by atoms with Crippen molar-refractivity contribution in [2.75, 3.05) is 27.2 Å². The summed E-state index contributed by atoms with van der Waals surface area (Å²) >= 11 is 0. The molecule has 128 valence electrons. The van der Waals surface area contributed by atoms with Crippen molar-refractivity contribution in [3.8, 4) is 11.5 Å². The van der Waals surface area contributed by atoms with Gasteiger partial charge in [0, 0.05) is 25.9 Å². The third kappa shape index (κ3) is 3.20. The average molecular weight is 331 g/mol. The van der Waals surface area contributed by atoms with Gasteiger partial charge in [-0.25, -0.2) is 0 Å². The molecule has 0 amide bonds. The first-order valence-electron chi connectivity index (χ1n) is 13.1. The second-order valence-corrected chi connectivity index (χ2v) is 6.08. The summed E-state index contributed by atoms with van der Waals surface area (Å²) in [5, 5.41) is 11.2. The van der Waals surface area contributed by atoms with Crippen LogP contribution in [0.3, 0.4) is 0 Å². The maximum atomic E-state index is 11.2. The number of methoxy groups -OCH3 is 2. The van der Waals surface area contributed by atoms with Gasteiger partial charge in [-0.3, -0.25) is 4.90 Å². The fourth-order valence-electron chi connectivity index (χ4n) is 2.86. The van der Waals surface area contributed by atoms with Crippen LogP contribution in [-0.2, 0) is 6.42 Å². The van der Waals surface area contributed by atoms with Gasteiger partial charge >= 0.3 is 0 Å². The Morgan fingerprint density at radius 1 is 1.52 bits per heavy atom. The van der Waals surface area contributed by atoms with Gasteiger partial charge in [-0.05, 0) is 54.3 Å². The zero-order valence-electron chi connectivity index (χ0n) is 24.5. The smallest absolute Gasteiger partial charge is 0.161 e. The predicted molar refractivity (Wildman–Crippen MR) is 91.1 cm³/mol. The molecular weight excluding hydrogens is 290 g/mol. The number of fused-ring (bicyclic) bond motifs is 3. The molecule has 0 saturated carbocycles. The van der Waals surface area contributed by atoms with E-state index in [9.17, 15) is 6.48 Å². The largest absolute Gasteiger partial charge is 0.493 e. The lowest BCUT2D eigenvalue weighted by molar-refractivity contribution is -0.0191. The SMILES string of the molecule is [2H]c1c(OC([2H])([2H])[2H])c(OC)cc2c1C1([2H])N(CC2)C([2H])([2H])C([2H])(CC(C)C)C([2H])(O)C1([2H])[2H]. The molecule has 3 rings (SSSR count). The first-order chi connectivity index (χ1) is 15.2. The number of hydrogen-bond donors (Lipinski definition) is 1. The molecule has 2 aliphatic rings. The fourth-order valence-corrected chi connectivity index (χ4v) is 2.86. The fraction of sp³-hybridized carbons (Fsp3) is 0.684. The highest BCUT2D eigenvalue weighted by Gasteiger charge is 2.38. The Labute approximate surface area is 154 Å². The predicted octanol–water partition coefficient (Wildman–Crippen LogP) is 3.03. The van der Waals surface area contributed by atoms with Crippen molar-refractivity contribution in [3.05, 3.63) is 23.2 Å². The van der Waals surface area contributed by atoms with Crippen molar-refractivity contribution >= 4 is 0 Å². The van der Waals surface area contributed by atoms with Crippen molar-refractivity contribution in [1.29, 1.82) is 0 Å². The van der Waals surface area contributed by atoms with E-state index in [4.69, 9.17) is 23.2 Å². The van der Waals surface area contributed by atoms with Crippen LogP contribution < -0.4 is 9.47 Å². The molecule has 0 aliphatic carbocycles. The van der Waals surface area contributed by atoms with Crippen molar-refractivity contribution in [1.82, 2.24) is 4.90 Å². The van der Waals surface area contributed by atoms with Gasteiger partial charge in [-0.1, -0.05) is 13.8 Å². The zero-order chi connectivity index (χ0) is 26.3. The summed E-state index contributed by atoms with van der Waals surface area (Å²) in [4.78, 5) is 0.768. The van der Waals surface area contributed by atoms with E-state index in [-0.39, 0.29) is 36.6 Å². The maximum Gasteiger partial charge on any atom is 0.161 e. The summed E-state index contributed by atoms with van der Waals surface area (Å²) in [6.07, 6.45) is -7.06. The molecule has 1 aromatic carbocycles. The van der Waals surface area contributed by atoms with Gasteiger partial charge in [-0.15, -0.1) is 0 Å². The molecule has 4 nitrogen and oxygen atoms in total. The summed E-state index contributed by atoms with van der Waals surface area (Å²) in [6.45, 7) is 0.188. The second kappa shape index (κ2) is 6.70. The summed E-state index contributed by atoms with van der Waals surface area (Å²) in [5.74, 6) is -3.80. The molecule has 2 aliphatic heterocycles. The molecule has 3 unspecified atom stereocenters. The van der Waals surface area contributed by atoms with Crippen LogP contribution in [0.15, 0.2) is 12.1 Å². The van der Waals surface area contributed by atoms with E-state index >= 15 is 0 Å². The number of hydrogen-bond acceptors (Lipinski definition) is 4. The van der Waals surface area contributed by atoms with Crippen LogP contribution >= 0.6 is 0 Å². The van der Waals surface area contributed by atoms with Crippen molar-refractivity contribution < 1.29 is 29.7 Å². The van der Waals surface area contributed by atoms with Crippen LogP contribution in [0.5, 0.6) is 11.5 Å². The third-order valence-corrected chi connectivity index (χ3v) is 3.93. The van der Waals surface area contributed by atoms with Gasteiger partial charge in [-0.2, -0.15) is 0 Å². The number of benzene rings is 1. The van der Waals surface area contributed by atoms with E-state index in [1.54, 1.807) is 13.8 Å². The molecule has 0 radical (unpaired) electrons. The highest BCUT2D eigenvalue weighted by Crippen LogP contribution is 2.43. The molecule has 4 heteroatoms. The van der Waals surface area contributed by atoms with Crippen LogP contribution in [0, 0.1) is 11.8 Å². The molecule has 1 fully saturated rings. The van der Waals surface area contributed by atoms with Crippen molar-refractivity contribution in [3.63, 3.8) is 0 Å². The lowest BCUT2D eigenvalue weighted by atomic mass is 9.79. The molecule has 0 spiro atoms. The molecule has 2 heterocycles. The van der Waals surface area contributed by atoms with Crippen molar-refractivity contribution in [2.24, 2.45) is 11.8 Å². The Balaban J connectivity index is 2.39. The topological polar surface area (TPSA) is 41.9 Å². The van der Waals surface area contributed by atoms with Crippen LogP contribution in [0.25, 0.3) is 0 Å². The average Bonchev–Trinajstić information content (AvgIpc) is 2.66. The Hall–Kier alpha value is -1.26. The minimum atomic E-state index is -3.42. The van der Waals surface area contributed by atoms with E-state index in [2.05, 4.69) is 0 Å². The van der Waals surface area contributed by atoms with E-state index in [1.807, 2.05) is 0 Å². The quantitative estimate of drug-likeness (QED) is 0.921. The Morgan fingerprint density at radius 3 is 3.04 bits per heavy atom. The summed E-state index contributed by atoms with van der Waals surface area (Å²) in [5.41, 5.74) is -0.243. The monoisotopic (exact) mass is 330 g/mol. The highest BCUT2D eigenvalue weighted by atomic mass is 16.5. The van der Waals surface area contributed by atoms with Crippen LogP contribution in [0.2, 0.25) is 0 Å². The maximum absolute atomic E-state index is 11.2. The highest BCUT2D eigenvalue weighted by molar-refractivity contribution is 5.49. The minimum absolute atomic E-state index is 0.0238. The molecule has 0 bridgehead atoms. The normalized spacial score (nSPS) is 49.0. The standard InChI is InChI=1S/C19H29NO3/c1-12(2)7-14-11-20-6-5-13-8-18(22-3)19(23-4)9-15(13)16(20)10-17(14)21/h8-9,12,14,16-17,21H,5-7,10-11H2,1-4H3/i4D3,9D,10D2,11D2,14D,16D,17D. The van der Waals surface area contributed by atoms with Gasteiger partial charge in [0.1, 0.15) is 0 Å². The van der Waals surface area contributed by atoms with Crippen LogP contribution in [-0.4, -0.2) is 43.3 Å². The molecule has 3 atom stereocenters. The summed E-state index contributed by atoms with van der Waals surface area (Å²) in [6, 6.07) is -2.28. The van der Waals surface area contributed by atoms with Gasteiger partial charge in [0.05, 0.1) is 28.5 Å². The summed E-state index contributed by atoms with van der Waals surface area (Å²) < 4.78 is 103.